The molecule has 9 heteroatoms. The molecule has 9 nitrogen and oxygen atoms in total. The highest BCUT2D eigenvalue weighted by Gasteiger charge is 2.30. The van der Waals surface area contributed by atoms with Crippen LogP contribution in [-0.2, 0) is 14.4 Å². The van der Waals surface area contributed by atoms with Gasteiger partial charge in [0.25, 0.3) is 0 Å². The van der Waals surface area contributed by atoms with E-state index < -0.39 is 30.0 Å². The summed E-state index contributed by atoms with van der Waals surface area (Å²) < 4.78 is 0. The molecule has 0 aromatic rings. The van der Waals surface area contributed by atoms with Gasteiger partial charge in [-0.05, 0) is 57.5 Å². The lowest BCUT2D eigenvalue weighted by Crippen LogP contribution is -2.55. The number of nitrogens with one attached hydrogen (secondary N) is 2. The number of aliphatic carboxylic acids is 1. The molecule has 1 fully saturated rings. The van der Waals surface area contributed by atoms with Crippen LogP contribution in [0, 0.1) is 5.92 Å². The molecule has 9 N–H and O–H groups in total. The smallest absolute Gasteiger partial charge is 0.326 e. The summed E-state index contributed by atoms with van der Waals surface area (Å²) >= 11 is 0. The Labute approximate surface area is 179 Å². The molecule has 0 saturated heterocycles. The van der Waals surface area contributed by atoms with Crippen LogP contribution in [-0.4, -0.2) is 54.1 Å². The normalized spacial score (nSPS) is 17.7. The molecule has 30 heavy (non-hydrogen) atoms. The van der Waals surface area contributed by atoms with Crippen LogP contribution in [0.3, 0.4) is 0 Å². The van der Waals surface area contributed by atoms with Crippen LogP contribution < -0.4 is 27.8 Å². The molecule has 0 bridgehead atoms. The first kappa shape index (κ1) is 26.3. The molecule has 0 radical (unpaired) electrons. The minimum atomic E-state index is -1.08. The molecule has 0 unspecified atom stereocenters. The van der Waals surface area contributed by atoms with Crippen LogP contribution in [0.4, 0.5) is 0 Å². The first-order valence-corrected chi connectivity index (χ1v) is 11.4. The third-order valence-electron chi connectivity index (χ3n) is 5.79. The number of hydrogen-bond donors (Lipinski definition) is 6. The predicted molar refractivity (Wildman–Crippen MR) is 116 cm³/mol. The van der Waals surface area contributed by atoms with Crippen LogP contribution in [0.25, 0.3) is 0 Å². The van der Waals surface area contributed by atoms with Crippen LogP contribution in [0.15, 0.2) is 0 Å². The van der Waals surface area contributed by atoms with Crippen molar-refractivity contribution in [1.29, 1.82) is 0 Å². The van der Waals surface area contributed by atoms with Gasteiger partial charge in [-0.15, -0.1) is 0 Å². The van der Waals surface area contributed by atoms with Crippen molar-refractivity contribution in [3.8, 4) is 0 Å². The van der Waals surface area contributed by atoms with E-state index in [-0.39, 0.29) is 5.91 Å². The van der Waals surface area contributed by atoms with E-state index in [9.17, 15) is 19.5 Å². The molecule has 0 aromatic heterocycles. The standard InChI is InChI=1S/C21H41N5O4/c22-12-6-4-10-16(24)19(27)26-18(14-15-8-2-1-3-9-15)20(28)25-17(21(29)30)11-5-7-13-23/h15-18H,1-14,22-24H2,(H,25,28)(H,26,27)(H,29,30)/t16-,17-,18-/m0/s1. The van der Waals surface area contributed by atoms with Crippen LogP contribution in [0.5, 0.6) is 0 Å². The average molecular weight is 428 g/mol. The summed E-state index contributed by atoms with van der Waals surface area (Å²) in [6, 6.07) is -2.48. The Bertz CT molecular complexity index is 526. The lowest BCUT2D eigenvalue weighted by atomic mass is 9.84. The number of carboxylic acids is 1. The zero-order valence-corrected chi connectivity index (χ0v) is 18.1. The Morgan fingerprint density at radius 2 is 1.40 bits per heavy atom. The number of nitrogens with two attached hydrogens (primary N) is 3. The minimum absolute atomic E-state index is 0.307. The van der Waals surface area contributed by atoms with Gasteiger partial charge in [0.2, 0.25) is 11.8 Å². The largest absolute Gasteiger partial charge is 0.480 e. The van der Waals surface area contributed by atoms with Crippen molar-refractivity contribution in [2.75, 3.05) is 13.1 Å². The van der Waals surface area contributed by atoms with Gasteiger partial charge in [0.15, 0.2) is 0 Å². The minimum Gasteiger partial charge on any atom is -0.480 e. The summed E-state index contributed by atoms with van der Waals surface area (Å²) in [4.78, 5) is 37.0. The van der Waals surface area contributed by atoms with Crippen LogP contribution >= 0.6 is 0 Å². The van der Waals surface area contributed by atoms with Gasteiger partial charge < -0.3 is 32.9 Å². The zero-order valence-electron chi connectivity index (χ0n) is 18.1. The number of rotatable bonds is 15. The maximum atomic E-state index is 12.9. The predicted octanol–water partition coefficient (Wildman–Crippen LogP) is 0.596. The number of hydrogen-bond acceptors (Lipinski definition) is 6. The summed E-state index contributed by atoms with van der Waals surface area (Å²) in [5.74, 6) is -1.58. The van der Waals surface area contributed by atoms with Crippen molar-refractivity contribution in [3.63, 3.8) is 0 Å². The average Bonchev–Trinajstić information content (AvgIpc) is 2.73. The Balaban J connectivity index is 2.75. The van der Waals surface area contributed by atoms with Crippen molar-refractivity contribution in [3.05, 3.63) is 0 Å². The Kier molecular flexibility index (Phi) is 13.3. The summed E-state index contributed by atoms with van der Waals surface area (Å²) in [6.07, 6.45) is 9.59. The Morgan fingerprint density at radius 3 is 1.97 bits per heavy atom. The van der Waals surface area contributed by atoms with E-state index in [0.29, 0.717) is 51.1 Å². The number of amides is 2. The van der Waals surface area contributed by atoms with Gasteiger partial charge in [0, 0.05) is 0 Å². The van der Waals surface area contributed by atoms with E-state index in [4.69, 9.17) is 17.2 Å². The van der Waals surface area contributed by atoms with E-state index in [1.807, 2.05) is 0 Å². The quantitative estimate of drug-likeness (QED) is 0.207. The lowest BCUT2D eigenvalue weighted by molar-refractivity contribution is -0.142. The lowest BCUT2D eigenvalue weighted by Gasteiger charge is -2.28. The van der Waals surface area contributed by atoms with Gasteiger partial charge >= 0.3 is 5.97 Å². The zero-order chi connectivity index (χ0) is 22.4. The van der Waals surface area contributed by atoms with Gasteiger partial charge in [0.1, 0.15) is 12.1 Å². The molecule has 3 atom stereocenters. The monoisotopic (exact) mass is 427 g/mol. The van der Waals surface area contributed by atoms with Crippen molar-refractivity contribution >= 4 is 17.8 Å². The van der Waals surface area contributed by atoms with Gasteiger partial charge in [-0.2, -0.15) is 0 Å². The summed E-state index contributed by atoms with van der Waals surface area (Å²) in [7, 11) is 0. The van der Waals surface area contributed by atoms with E-state index in [0.717, 1.165) is 38.5 Å². The van der Waals surface area contributed by atoms with Gasteiger partial charge in [-0.1, -0.05) is 38.5 Å². The molecular weight excluding hydrogens is 386 g/mol. The number of carbonyl (C=O) groups excluding carboxylic acids is 2. The highest BCUT2D eigenvalue weighted by atomic mass is 16.4. The molecule has 1 aliphatic rings. The molecule has 0 aromatic carbocycles. The number of carboxylic acid groups (broad SMARTS) is 1. The van der Waals surface area contributed by atoms with E-state index >= 15 is 0 Å². The third-order valence-corrected chi connectivity index (χ3v) is 5.79. The van der Waals surface area contributed by atoms with E-state index in [1.165, 1.54) is 6.42 Å². The van der Waals surface area contributed by atoms with Crippen molar-refractivity contribution in [2.24, 2.45) is 23.1 Å². The maximum absolute atomic E-state index is 12.9. The molecule has 1 rings (SSSR count). The summed E-state index contributed by atoms with van der Waals surface area (Å²) in [5.41, 5.74) is 16.9. The second-order valence-electron chi connectivity index (χ2n) is 8.38. The van der Waals surface area contributed by atoms with Gasteiger partial charge in [-0.3, -0.25) is 9.59 Å². The fraction of sp³-hybridized carbons (Fsp3) is 0.857. The number of carbonyl (C=O) groups is 3. The fourth-order valence-corrected chi connectivity index (χ4v) is 3.93. The topological polar surface area (TPSA) is 174 Å². The van der Waals surface area contributed by atoms with Crippen molar-refractivity contribution in [1.82, 2.24) is 10.6 Å². The summed E-state index contributed by atoms with van der Waals surface area (Å²) in [5, 5.41) is 14.8. The number of unbranched alkanes of at least 4 members (excludes halogenated alkanes) is 2. The molecule has 1 aliphatic carbocycles. The molecule has 174 valence electrons. The summed E-state index contributed by atoms with van der Waals surface area (Å²) in [6.45, 7) is 1.02. The van der Waals surface area contributed by atoms with Gasteiger partial charge in [-0.25, -0.2) is 4.79 Å². The van der Waals surface area contributed by atoms with Crippen molar-refractivity contribution in [2.45, 2.75) is 95.2 Å². The molecule has 0 heterocycles. The highest BCUT2D eigenvalue weighted by molar-refractivity contribution is 5.91. The van der Waals surface area contributed by atoms with Crippen molar-refractivity contribution < 1.29 is 19.5 Å². The molecule has 2 amide bonds. The Hall–Kier alpha value is -1.71. The van der Waals surface area contributed by atoms with E-state index in [2.05, 4.69) is 10.6 Å². The SMILES string of the molecule is NCCCC[C@H](NC(=O)[C@H](CC1CCCCC1)NC(=O)[C@@H](N)CCCCN)C(=O)O. The highest BCUT2D eigenvalue weighted by Crippen LogP contribution is 2.27. The molecular formula is C21H41N5O4. The first-order chi connectivity index (χ1) is 14.4. The first-order valence-electron chi connectivity index (χ1n) is 11.4. The molecule has 1 saturated carbocycles. The van der Waals surface area contributed by atoms with Gasteiger partial charge in [0.05, 0.1) is 6.04 Å². The molecule has 0 aliphatic heterocycles. The second-order valence-corrected chi connectivity index (χ2v) is 8.38. The Morgan fingerprint density at radius 1 is 0.833 bits per heavy atom. The third kappa shape index (κ3) is 10.4. The van der Waals surface area contributed by atoms with Crippen LogP contribution in [0.1, 0.15) is 77.0 Å². The van der Waals surface area contributed by atoms with E-state index in [1.54, 1.807) is 0 Å². The van der Waals surface area contributed by atoms with Crippen LogP contribution in [0.2, 0.25) is 0 Å². The maximum Gasteiger partial charge on any atom is 0.326 e. The fourth-order valence-electron chi connectivity index (χ4n) is 3.93. The molecule has 0 spiro atoms. The second kappa shape index (κ2) is 15.1.